The molecule has 0 radical (unpaired) electrons. The molecular weight excluding hydrogens is 404 g/mol. The van der Waals surface area contributed by atoms with Crippen LogP contribution in [0.3, 0.4) is 0 Å². The van der Waals surface area contributed by atoms with Crippen molar-refractivity contribution in [3.8, 4) is 0 Å². The maximum atomic E-state index is 13.2. The topological polar surface area (TPSA) is 56.1 Å². The zero-order valence-electron chi connectivity index (χ0n) is 15.5. The zero-order valence-corrected chi connectivity index (χ0v) is 17.0. The Morgan fingerprint density at radius 1 is 1.25 bits per heavy atom. The fraction of sp³-hybridized carbons (Fsp3) is 0.300. The van der Waals surface area contributed by atoms with Gasteiger partial charge in [-0.25, -0.2) is 9.37 Å². The predicted molar refractivity (Wildman–Crippen MR) is 109 cm³/mol. The van der Waals surface area contributed by atoms with E-state index in [0.29, 0.717) is 46.5 Å². The van der Waals surface area contributed by atoms with Crippen LogP contribution >= 0.6 is 23.2 Å². The van der Waals surface area contributed by atoms with Crippen LogP contribution in [0.15, 0.2) is 36.4 Å². The number of carbonyl (C=O) groups excluding carboxylic acids is 1. The van der Waals surface area contributed by atoms with Crippen LogP contribution in [0.5, 0.6) is 0 Å². The number of ether oxygens (including phenoxy) is 1. The number of nitrogens with one attached hydrogen (secondary N) is 1. The molecule has 0 saturated heterocycles. The summed E-state index contributed by atoms with van der Waals surface area (Å²) < 4.78 is 20.0. The first-order valence-corrected chi connectivity index (χ1v) is 9.53. The average molecular weight is 424 g/mol. The van der Waals surface area contributed by atoms with Gasteiger partial charge in [-0.1, -0.05) is 35.3 Å². The molecule has 3 aromatic rings. The van der Waals surface area contributed by atoms with Gasteiger partial charge in [-0.2, -0.15) is 0 Å². The molecule has 5 nitrogen and oxygen atoms in total. The molecule has 0 fully saturated rings. The third-order valence-electron chi connectivity index (χ3n) is 4.45. The summed E-state index contributed by atoms with van der Waals surface area (Å²) in [7, 11) is 1.57. The van der Waals surface area contributed by atoms with Crippen molar-refractivity contribution in [2.45, 2.75) is 19.4 Å². The van der Waals surface area contributed by atoms with E-state index in [1.54, 1.807) is 38.3 Å². The molecule has 2 aromatic carbocycles. The highest BCUT2D eigenvalue weighted by Crippen LogP contribution is 2.31. The van der Waals surface area contributed by atoms with E-state index in [2.05, 4.69) is 10.3 Å². The van der Waals surface area contributed by atoms with Gasteiger partial charge in [0.15, 0.2) is 0 Å². The maximum Gasteiger partial charge on any atom is 0.242 e. The lowest BCUT2D eigenvalue weighted by atomic mass is 10.1. The van der Waals surface area contributed by atoms with Crippen molar-refractivity contribution in [1.29, 1.82) is 0 Å². The number of halogens is 3. The molecule has 0 aliphatic carbocycles. The smallest absolute Gasteiger partial charge is 0.242 e. The molecular formula is C20H20Cl2FN3O2. The molecule has 1 heterocycles. The highest BCUT2D eigenvalue weighted by atomic mass is 35.5. The standard InChI is InChI=1S/C20H20Cl2FN3O2/c1-12(20(27)24-7-8-28-2)26-18-11-16(22)15(21)10-17(18)25-19(26)9-13-3-5-14(23)6-4-13/h3-6,10-12H,7-9H2,1-2H3,(H,24,27). The summed E-state index contributed by atoms with van der Waals surface area (Å²) >= 11 is 12.3. The van der Waals surface area contributed by atoms with E-state index in [1.165, 1.54) is 12.1 Å². The van der Waals surface area contributed by atoms with Gasteiger partial charge < -0.3 is 14.6 Å². The van der Waals surface area contributed by atoms with E-state index < -0.39 is 6.04 Å². The molecule has 0 spiro atoms. The number of nitrogens with zero attached hydrogens (tertiary/aromatic N) is 2. The molecule has 3 rings (SSSR count). The van der Waals surface area contributed by atoms with Crippen LogP contribution in [-0.4, -0.2) is 35.7 Å². The molecule has 1 N–H and O–H groups in total. The minimum Gasteiger partial charge on any atom is -0.383 e. The van der Waals surface area contributed by atoms with Gasteiger partial charge in [0.1, 0.15) is 17.7 Å². The third-order valence-corrected chi connectivity index (χ3v) is 5.17. The number of imidazole rings is 1. The van der Waals surface area contributed by atoms with Crippen molar-refractivity contribution in [3.63, 3.8) is 0 Å². The molecule has 0 aliphatic heterocycles. The first-order chi connectivity index (χ1) is 13.4. The molecule has 1 aromatic heterocycles. The van der Waals surface area contributed by atoms with Crippen LogP contribution in [0.4, 0.5) is 4.39 Å². The Morgan fingerprint density at radius 2 is 1.93 bits per heavy atom. The van der Waals surface area contributed by atoms with Gasteiger partial charge in [-0.05, 0) is 36.8 Å². The lowest BCUT2D eigenvalue weighted by molar-refractivity contribution is -0.124. The van der Waals surface area contributed by atoms with Crippen LogP contribution in [-0.2, 0) is 16.0 Å². The molecule has 1 atom stereocenters. The van der Waals surface area contributed by atoms with Crippen LogP contribution in [0.1, 0.15) is 24.4 Å². The Morgan fingerprint density at radius 3 is 2.61 bits per heavy atom. The normalized spacial score (nSPS) is 12.3. The number of hydrogen-bond donors (Lipinski definition) is 1. The van der Waals surface area contributed by atoms with Gasteiger partial charge in [0.2, 0.25) is 5.91 Å². The van der Waals surface area contributed by atoms with Crippen LogP contribution in [0.25, 0.3) is 11.0 Å². The van der Waals surface area contributed by atoms with Gasteiger partial charge >= 0.3 is 0 Å². The minimum absolute atomic E-state index is 0.164. The van der Waals surface area contributed by atoms with E-state index in [4.69, 9.17) is 27.9 Å². The van der Waals surface area contributed by atoms with Crippen molar-refractivity contribution in [2.24, 2.45) is 0 Å². The van der Waals surface area contributed by atoms with E-state index in [1.807, 2.05) is 4.57 Å². The van der Waals surface area contributed by atoms with Gasteiger partial charge in [0.05, 0.1) is 27.7 Å². The average Bonchev–Trinajstić information content (AvgIpc) is 3.00. The van der Waals surface area contributed by atoms with Crippen molar-refractivity contribution >= 4 is 40.1 Å². The zero-order chi connectivity index (χ0) is 20.3. The molecule has 8 heteroatoms. The molecule has 0 aliphatic rings. The summed E-state index contributed by atoms with van der Waals surface area (Å²) in [5.41, 5.74) is 2.23. The van der Waals surface area contributed by atoms with Gasteiger partial charge in [0.25, 0.3) is 0 Å². The molecule has 0 bridgehead atoms. The second-order valence-electron chi connectivity index (χ2n) is 6.42. The van der Waals surface area contributed by atoms with Gasteiger partial charge in [-0.3, -0.25) is 4.79 Å². The van der Waals surface area contributed by atoms with E-state index in [9.17, 15) is 9.18 Å². The number of rotatable bonds is 7. The Kier molecular flexibility index (Phi) is 6.54. The molecule has 1 unspecified atom stereocenters. The number of aromatic nitrogens is 2. The Bertz CT molecular complexity index is 989. The van der Waals surface area contributed by atoms with Crippen molar-refractivity contribution < 1.29 is 13.9 Å². The highest BCUT2D eigenvalue weighted by molar-refractivity contribution is 6.42. The van der Waals surface area contributed by atoms with E-state index in [0.717, 1.165) is 5.56 Å². The van der Waals surface area contributed by atoms with Gasteiger partial charge in [0, 0.05) is 20.1 Å². The second kappa shape index (κ2) is 8.90. The van der Waals surface area contributed by atoms with Crippen LogP contribution < -0.4 is 5.32 Å². The summed E-state index contributed by atoms with van der Waals surface area (Å²) in [5, 5.41) is 3.62. The third kappa shape index (κ3) is 4.46. The SMILES string of the molecule is COCCNC(=O)C(C)n1c(Cc2ccc(F)cc2)nc2cc(Cl)c(Cl)cc21. The Balaban J connectivity index is 2.02. The number of hydrogen-bond acceptors (Lipinski definition) is 3. The molecule has 148 valence electrons. The fourth-order valence-corrected chi connectivity index (χ4v) is 3.34. The van der Waals surface area contributed by atoms with Crippen molar-refractivity contribution in [1.82, 2.24) is 14.9 Å². The summed E-state index contributed by atoms with van der Waals surface area (Å²) in [5.74, 6) is 0.193. The maximum absolute atomic E-state index is 13.2. The monoisotopic (exact) mass is 423 g/mol. The van der Waals surface area contributed by atoms with E-state index in [-0.39, 0.29) is 11.7 Å². The van der Waals surface area contributed by atoms with E-state index >= 15 is 0 Å². The number of fused-ring (bicyclic) bond motifs is 1. The summed E-state index contributed by atoms with van der Waals surface area (Å²) in [4.78, 5) is 17.3. The summed E-state index contributed by atoms with van der Waals surface area (Å²) in [6.45, 7) is 2.62. The molecule has 28 heavy (non-hydrogen) atoms. The first kappa shape index (κ1) is 20.6. The number of amides is 1. The predicted octanol–water partition coefficient (Wildman–Crippen LogP) is 4.40. The number of methoxy groups -OCH3 is 1. The molecule has 0 saturated carbocycles. The Hall–Kier alpha value is -2.15. The fourth-order valence-electron chi connectivity index (χ4n) is 3.02. The largest absolute Gasteiger partial charge is 0.383 e. The number of carbonyl (C=O) groups is 1. The summed E-state index contributed by atoms with van der Waals surface area (Å²) in [6.07, 6.45) is 0.430. The number of benzene rings is 2. The van der Waals surface area contributed by atoms with Crippen molar-refractivity contribution in [3.05, 3.63) is 63.6 Å². The second-order valence-corrected chi connectivity index (χ2v) is 7.23. The minimum atomic E-state index is -0.533. The summed E-state index contributed by atoms with van der Waals surface area (Å²) in [6, 6.07) is 9.05. The van der Waals surface area contributed by atoms with Crippen molar-refractivity contribution in [2.75, 3.05) is 20.3 Å². The quantitative estimate of drug-likeness (QED) is 0.573. The highest BCUT2D eigenvalue weighted by Gasteiger charge is 2.22. The molecule has 1 amide bonds. The van der Waals surface area contributed by atoms with Gasteiger partial charge in [-0.15, -0.1) is 0 Å². The lowest BCUT2D eigenvalue weighted by Crippen LogP contribution is -2.33. The first-order valence-electron chi connectivity index (χ1n) is 8.77. The van der Waals surface area contributed by atoms with Crippen LogP contribution in [0, 0.1) is 5.82 Å². The van der Waals surface area contributed by atoms with Crippen LogP contribution in [0.2, 0.25) is 10.0 Å². The lowest BCUT2D eigenvalue weighted by Gasteiger charge is -2.18. The Labute approximate surface area is 172 Å².